The molecule has 0 aliphatic rings. The van der Waals surface area contributed by atoms with Crippen LogP contribution in [0.2, 0.25) is 5.02 Å². The molecule has 0 unspecified atom stereocenters. The Morgan fingerprint density at radius 2 is 2.26 bits per heavy atom. The molecule has 2 heterocycles. The molecule has 0 spiro atoms. The summed E-state index contributed by atoms with van der Waals surface area (Å²) in [5.41, 5.74) is 1.16. The quantitative estimate of drug-likeness (QED) is 0.877. The third-order valence-corrected chi connectivity index (χ3v) is 2.91. The zero-order valence-electron chi connectivity index (χ0n) is 10.9. The minimum Gasteiger partial charge on any atom is -0.377 e. The molecule has 7 heteroatoms. The molecule has 0 atom stereocenters. The lowest BCUT2D eigenvalue weighted by molar-refractivity contribution is 0.464. The van der Waals surface area contributed by atoms with E-state index in [2.05, 4.69) is 20.4 Å². The predicted octanol–water partition coefficient (Wildman–Crippen LogP) is 1.89. The molecule has 0 bridgehead atoms. The number of hydrogen-bond acceptors (Lipinski definition) is 4. The number of rotatable bonds is 5. The van der Waals surface area contributed by atoms with Gasteiger partial charge in [0.15, 0.2) is 0 Å². The lowest BCUT2D eigenvalue weighted by Crippen LogP contribution is -2.26. The van der Waals surface area contributed by atoms with Crippen LogP contribution < -0.4 is 10.9 Å². The third kappa shape index (κ3) is 3.35. The average Bonchev–Trinajstić information content (AvgIpc) is 2.87. The topological polar surface area (TPSA) is 75.6 Å². The normalized spacial score (nSPS) is 10.9. The van der Waals surface area contributed by atoms with E-state index < -0.39 is 0 Å². The van der Waals surface area contributed by atoms with Crippen molar-refractivity contribution in [2.45, 2.75) is 26.9 Å². The first kappa shape index (κ1) is 13.6. The molecule has 0 saturated carbocycles. The molecule has 19 heavy (non-hydrogen) atoms. The van der Waals surface area contributed by atoms with Crippen molar-refractivity contribution in [3.63, 3.8) is 0 Å². The summed E-state index contributed by atoms with van der Waals surface area (Å²) in [6, 6.07) is 0. The Hall–Kier alpha value is -1.82. The van der Waals surface area contributed by atoms with Gasteiger partial charge in [-0.3, -0.25) is 4.79 Å². The van der Waals surface area contributed by atoms with Crippen molar-refractivity contribution in [3.8, 4) is 0 Å². The van der Waals surface area contributed by atoms with Crippen LogP contribution in [0.3, 0.4) is 0 Å². The smallest absolute Gasteiger partial charge is 0.287 e. The fraction of sp³-hybridized carbons (Fsp3) is 0.417. The van der Waals surface area contributed by atoms with Crippen molar-refractivity contribution in [2.75, 3.05) is 5.32 Å². The summed E-state index contributed by atoms with van der Waals surface area (Å²) < 4.78 is 1.38. The Morgan fingerprint density at radius 1 is 1.47 bits per heavy atom. The zero-order chi connectivity index (χ0) is 13.8. The van der Waals surface area contributed by atoms with Gasteiger partial charge in [-0.1, -0.05) is 25.4 Å². The lowest BCUT2D eigenvalue weighted by atomic mass is 10.2. The molecular formula is C12H16ClN5O. The third-order valence-electron chi connectivity index (χ3n) is 2.55. The van der Waals surface area contributed by atoms with Crippen molar-refractivity contribution in [2.24, 2.45) is 5.92 Å². The number of anilines is 1. The number of imidazole rings is 1. The molecule has 102 valence electrons. The molecule has 0 radical (unpaired) electrons. The number of aromatic amines is 1. The summed E-state index contributed by atoms with van der Waals surface area (Å²) in [5.74, 6) is 0.338. The second-order valence-corrected chi connectivity index (χ2v) is 5.06. The summed E-state index contributed by atoms with van der Waals surface area (Å²) in [4.78, 5) is 18.9. The highest BCUT2D eigenvalue weighted by Crippen LogP contribution is 2.16. The van der Waals surface area contributed by atoms with Gasteiger partial charge >= 0.3 is 0 Å². The molecule has 0 fully saturated rings. The summed E-state index contributed by atoms with van der Waals surface area (Å²) in [6.07, 6.45) is 4.87. The van der Waals surface area contributed by atoms with Gasteiger partial charge in [-0.25, -0.2) is 9.67 Å². The summed E-state index contributed by atoms with van der Waals surface area (Å²) in [6.45, 7) is 5.10. The van der Waals surface area contributed by atoms with Crippen molar-refractivity contribution in [3.05, 3.63) is 39.8 Å². The highest BCUT2D eigenvalue weighted by Gasteiger charge is 2.10. The Morgan fingerprint density at radius 3 is 2.89 bits per heavy atom. The van der Waals surface area contributed by atoms with E-state index in [0.717, 1.165) is 5.69 Å². The molecule has 0 aliphatic heterocycles. The van der Waals surface area contributed by atoms with E-state index in [9.17, 15) is 4.79 Å². The van der Waals surface area contributed by atoms with Crippen LogP contribution in [0.1, 0.15) is 19.5 Å². The molecule has 6 nitrogen and oxygen atoms in total. The van der Waals surface area contributed by atoms with Gasteiger partial charge in [-0.2, -0.15) is 5.10 Å². The monoisotopic (exact) mass is 281 g/mol. The first-order valence-corrected chi connectivity index (χ1v) is 6.42. The Labute approximate surface area is 115 Å². The number of H-pyrrole nitrogens is 1. The summed E-state index contributed by atoms with van der Waals surface area (Å²) in [5, 5.41) is 7.33. The Bertz CT molecular complexity index is 591. The molecule has 0 aromatic carbocycles. The zero-order valence-corrected chi connectivity index (χ0v) is 11.6. The summed E-state index contributed by atoms with van der Waals surface area (Å²) in [7, 11) is 0. The van der Waals surface area contributed by atoms with E-state index in [1.54, 1.807) is 18.7 Å². The Kier molecular flexibility index (Phi) is 4.21. The first-order valence-electron chi connectivity index (χ1n) is 6.04. The van der Waals surface area contributed by atoms with Crippen molar-refractivity contribution in [1.29, 1.82) is 0 Å². The number of hydrogen-bond donors (Lipinski definition) is 2. The van der Waals surface area contributed by atoms with Crippen LogP contribution in [0.5, 0.6) is 0 Å². The largest absolute Gasteiger partial charge is 0.377 e. The van der Waals surface area contributed by atoms with Crippen LogP contribution in [0.4, 0.5) is 5.69 Å². The SMILES string of the molecule is CC(C)Cn1ncc(NCc2cnc[nH]2)c(Cl)c1=O. The first-order chi connectivity index (χ1) is 9.08. The minimum atomic E-state index is -0.273. The standard InChI is InChI=1S/C12H16ClN5O/c1-8(2)6-18-12(19)11(13)10(5-17-18)15-4-9-3-14-7-16-9/h3,5,7-8,15H,4,6H2,1-2H3,(H,14,16). The van der Waals surface area contributed by atoms with Crippen molar-refractivity contribution in [1.82, 2.24) is 19.7 Å². The van der Waals surface area contributed by atoms with Gasteiger partial charge in [-0.05, 0) is 5.92 Å². The molecule has 2 aromatic heterocycles. The minimum absolute atomic E-state index is 0.162. The van der Waals surface area contributed by atoms with E-state index in [0.29, 0.717) is 24.7 Å². The van der Waals surface area contributed by atoms with E-state index >= 15 is 0 Å². The molecule has 0 aliphatic carbocycles. The van der Waals surface area contributed by atoms with Gasteiger partial charge in [0, 0.05) is 12.7 Å². The van der Waals surface area contributed by atoms with Gasteiger partial charge in [0.05, 0.1) is 30.5 Å². The van der Waals surface area contributed by atoms with E-state index in [4.69, 9.17) is 11.6 Å². The maximum absolute atomic E-state index is 12.0. The highest BCUT2D eigenvalue weighted by atomic mass is 35.5. The van der Waals surface area contributed by atoms with Crippen LogP contribution in [0, 0.1) is 5.92 Å². The van der Waals surface area contributed by atoms with Gasteiger partial charge < -0.3 is 10.3 Å². The predicted molar refractivity (Wildman–Crippen MR) is 74.3 cm³/mol. The van der Waals surface area contributed by atoms with Crippen LogP contribution in [-0.4, -0.2) is 19.7 Å². The second kappa shape index (κ2) is 5.88. The van der Waals surface area contributed by atoms with Crippen molar-refractivity contribution < 1.29 is 0 Å². The number of nitrogens with zero attached hydrogens (tertiary/aromatic N) is 3. The number of halogens is 1. The fourth-order valence-corrected chi connectivity index (χ4v) is 1.85. The Balaban J connectivity index is 2.14. The van der Waals surface area contributed by atoms with Crippen molar-refractivity contribution >= 4 is 17.3 Å². The second-order valence-electron chi connectivity index (χ2n) is 4.68. The van der Waals surface area contributed by atoms with Crippen LogP contribution in [0.25, 0.3) is 0 Å². The molecular weight excluding hydrogens is 266 g/mol. The molecule has 2 rings (SSSR count). The molecule has 0 saturated heterocycles. The fourth-order valence-electron chi connectivity index (χ4n) is 1.64. The average molecular weight is 282 g/mol. The summed E-state index contributed by atoms with van der Waals surface area (Å²) >= 11 is 6.06. The van der Waals surface area contributed by atoms with Crippen LogP contribution >= 0.6 is 11.6 Å². The van der Waals surface area contributed by atoms with Gasteiger partial charge in [0.1, 0.15) is 5.02 Å². The van der Waals surface area contributed by atoms with Gasteiger partial charge in [-0.15, -0.1) is 0 Å². The number of aromatic nitrogens is 4. The maximum atomic E-state index is 12.0. The molecule has 0 amide bonds. The molecule has 2 N–H and O–H groups in total. The van der Waals surface area contributed by atoms with Crippen LogP contribution in [0.15, 0.2) is 23.5 Å². The van der Waals surface area contributed by atoms with Gasteiger partial charge in [0.25, 0.3) is 5.56 Å². The van der Waals surface area contributed by atoms with Crippen LogP contribution in [-0.2, 0) is 13.1 Å². The van der Waals surface area contributed by atoms with E-state index in [1.165, 1.54) is 4.68 Å². The van der Waals surface area contributed by atoms with E-state index in [-0.39, 0.29) is 10.6 Å². The van der Waals surface area contributed by atoms with E-state index in [1.807, 2.05) is 13.8 Å². The van der Waals surface area contributed by atoms with Gasteiger partial charge in [0.2, 0.25) is 0 Å². The molecule has 2 aromatic rings. The maximum Gasteiger partial charge on any atom is 0.287 e. The highest BCUT2D eigenvalue weighted by molar-refractivity contribution is 6.32. The lowest BCUT2D eigenvalue weighted by Gasteiger charge is -2.11. The number of nitrogens with one attached hydrogen (secondary N) is 2.